The zero-order chi connectivity index (χ0) is 11.7. The first-order chi connectivity index (χ1) is 7.67. The molecular weight excluding hydrogens is 204 g/mol. The first kappa shape index (κ1) is 10.2. The molecule has 1 heterocycles. The molecule has 4 nitrogen and oxygen atoms in total. The van der Waals surface area contributed by atoms with E-state index in [1.54, 1.807) is 19.2 Å². The van der Waals surface area contributed by atoms with Gasteiger partial charge in [0.05, 0.1) is 12.6 Å². The minimum Gasteiger partial charge on any atom is -0.496 e. The van der Waals surface area contributed by atoms with Gasteiger partial charge in [-0.15, -0.1) is 0 Å². The zero-order valence-electron chi connectivity index (χ0n) is 9.00. The smallest absolute Gasteiger partial charge is 0.190 e. The second kappa shape index (κ2) is 3.70. The standard InChI is InChI=1S/C12H10N2O2/c1-7-11(16-2)4-3-9-10(15)5-8(6-13)14-12(7)9/h3-5H,1-2H3,(H,14,15). The Hall–Kier alpha value is -2.28. The fraction of sp³-hybridized carbons (Fsp3) is 0.167. The number of methoxy groups -OCH3 is 1. The van der Waals surface area contributed by atoms with Crippen LogP contribution in [0.3, 0.4) is 0 Å². The van der Waals surface area contributed by atoms with Crippen molar-refractivity contribution in [2.24, 2.45) is 0 Å². The van der Waals surface area contributed by atoms with Gasteiger partial charge < -0.3 is 9.72 Å². The van der Waals surface area contributed by atoms with Gasteiger partial charge in [0.1, 0.15) is 17.5 Å². The number of nitrogens with one attached hydrogen (secondary N) is 1. The summed E-state index contributed by atoms with van der Waals surface area (Å²) in [6.07, 6.45) is 0. The molecular formula is C12H10N2O2. The maximum Gasteiger partial charge on any atom is 0.190 e. The number of nitriles is 1. The van der Waals surface area contributed by atoms with Crippen molar-refractivity contribution in [2.45, 2.75) is 6.92 Å². The third-order valence-electron chi connectivity index (χ3n) is 2.56. The molecule has 0 aliphatic heterocycles. The number of ether oxygens (including phenoxy) is 1. The van der Waals surface area contributed by atoms with Gasteiger partial charge in [-0.3, -0.25) is 4.79 Å². The van der Waals surface area contributed by atoms with Crippen LogP contribution >= 0.6 is 0 Å². The Labute approximate surface area is 92.1 Å². The van der Waals surface area contributed by atoms with Gasteiger partial charge in [-0.25, -0.2) is 0 Å². The van der Waals surface area contributed by atoms with E-state index >= 15 is 0 Å². The number of hydrogen-bond donors (Lipinski definition) is 1. The highest BCUT2D eigenvalue weighted by Gasteiger charge is 2.07. The fourth-order valence-electron chi connectivity index (χ4n) is 1.72. The van der Waals surface area contributed by atoms with E-state index in [-0.39, 0.29) is 11.1 Å². The van der Waals surface area contributed by atoms with Crippen molar-refractivity contribution in [1.82, 2.24) is 4.98 Å². The molecule has 0 aliphatic rings. The maximum atomic E-state index is 11.7. The van der Waals surface area contributed by atoms with Gasteiger partial charge >= 0.3 is 0 Å². The van der Waals surface area contributed by atoms with Crippen LogP contribution in [-0.4, -0.2) is 12.1 Å². The minimum atomic E-state index is -0.156. The van der Waals surface area contributed by atoms with Gasteiger partial charge in [0, 0.05) is 17.0 Å². The van der Waals surface area contributed by atoms with E-state index in [9.17, 15) is 4.79 Å². The predicted octanol–water partition coefficient (Wildman–Crippen LogP) is 1.72. The summed E-state index contributed by atoms with van der Waals surface area (Å²) in [5.41, 5.74) is 1.59. The molecule has 0 unspecified atom stereocenters. The largest absolute Gasteiger partial charge is 0.496 e. The molecule has 0 radical (unpaired) electrons. The molecule has 0 atom stereocenters. The van der Waals surface area contributed by atoms with Crippen LogP contribution in [0.2, 0.25) is 0 Å². The topological polar surface area (TPSA) is 65.9 Å². The second-order valence-electron chi connectivity index (χ2n) is 3.47. The molecule has 1 aromatic carbocycles. The van der Waals surface area contributed by atoms with Crippen molar-refractivity contribution in [3.8, 4) is 11.8 Å². The number of aryl methyl sites for hydroxylation is 1. The van der Waals surface area contributed by atoms with Gasteiger partial charge in [-0.1, -0.05) is 0 Å². The van der Waals surface area contributed by atoms with Gasteiger partial charge in [-0.05, 0) is 19.1 Å². The van der Waals surface area contributed by atoms with E-state index in [1.807, 2.05) is 13.0 Å². The molecule has 1 aromatic heterocycles. The Morgan fingerprint density at radius 1 is 1.44 bits per heavy atom. The van der Waals surface area contributed by atoms with E-state index in [2.05, 4.69) is 4.98 Å². The third-order valence-corrected chi connectivity index (χ3v) is 2.56. The molecule has 2 rings (SSSR count). The Balaban J connectivity index is 2.93. The van der Waals surface area contributed by atoms with Crippen LogP contribution in [0.1, 0.15) is 11.3 Å². The quantitative estimate of drug-likeness (QED) is 0.785. The van der Waals surface area contributed by atoms with Gasteiger partial charge in [-0.2, -0.15) is 5.26 Å². The monoisotopic (exact) mass is 214 g/mol. The summed E-state index contributed by atoms with van der Waals surface area (Å²) in [4.78, 5) is 14.6. The second-order valence-corrected chi connectivity index (χ2v) is 3.47. The molecule has 1 N–H and O–H groups in total. The Morgan fingerprint density at radius 3 is 2.81 bits per heavy atom. The molecule has 0 saturated heterocycles. The molecule has 16 heavy (non-hydrogen) atoms. The lowest BCUT2D eigenvalue weighted by atomic mass is 10.1. The molecule has 80 valence electrons. The zero-order valence-corrected chi connectivity index (χ0v) is 9.00. The first-order valence-corrected chi connectivity index (χ1v) is 4.78. The normalized spacial score (nSPS) is 10.1. The Morgan fingerprint density at radius 2 is 2.19 bits per heavy atom. The average molecular weight is 214 g/mol. The van der Waals surface area contributed by atoms with Crippen molar-refractivity contribution in [3.05, 3.63) is 39.7 Å². The molecule has 0 saturated carbocycles. The minimum absolute atomic E-state index is 0.156. The summed E-state index contributed by atoms with van der Waals surface area (Å²) in [6, 6.07) is 6.67. The molecule has 0 bridgehead atoms. The Kier molecular flexibility index (Phi) is 2.37. The summed E-state index contributed by atoms with van der Waals surface area (Å²) in [7, 11) is 1.57. The predicted molar refractivity (Wildman–Crippen MR) is 60.6 cm³/mol. The van der Waals surface area contributed by atoms with Crippen LogP contribution in [0.4, 0.5) is 0 Å². The van der Waals surface area contributed by atoms with Crippen molar-refractivity contribution in [2.75, 3.05) is 7.11 Å². The summed E-state index contributed by atoms with van der Waals surface area (Å²) in [5, 5.41) is 9.35. The highest BCUT2D eigenvalue weighted by atomic mass is 16.5. The van der Waals surface area contributed by atoms with E-state index in [4.69, 9.17) is 10.00 Å². The average Bonchev–Trinajstić information content (AvgIpc) is 2.30. The third kappa shape index (κ3) is 1.43. The number of nitrogens with zero attached hydrogens (tertiary/aromatic N) is 1. The lowest BCUT2D eigenvalue weighted by molar-refractivity contribution is 0.412. The number of H-pyrrole nitrogens is 1. The summed E-state index contributed by atoms with van der Waals surface area (Å²) < 4.78 is 5.16. The number of hydrogen-bond acceptors (Lipinski definition) is 3. The number of fused-ring (bicyclic) bond motifs is 1. The summed E-state index contributed by atoms with van der Waals surface area (Å²) >= 11 is 0. The lowest BCUT2D eigenvalue weighted by Crippen LogP contribution is -2.05. The van der Waals surface area contributed by atoms with Gasteiger partial charge in [0.15, 0.2) is 5.43 Å². The van der Waals surface area contributed by atoms with Gasteiger partial charge in [0.2, 0.25) is 0 Å². The molecule has 2 aromatic rings. The molecule has 4 heteroatoms. The van der Waals surface area contributed by atoms with Gasteiger partial charge in [0.25, 0.3) is 0 Å². The molecule has 0 aliphatic carbocycles. The van der Waals surface area contributed by atoms with Crippen LogP contribution in [0.25, 0.3) is 10.9 Å². The van der Waals surface area contributed by atoms with Crippen molar-refractivity contribution >= 4 is 10.9 Å². The highest BCUT2D eigenvalue weighted by molar-refractivity contribution is 5.84. The van der Waals surface area contributed by atoms with Crippen LogP contribution in [-0.2, 0) is 0 Å². The Bertz CT molecular complexity index is 650. The lowest BCUT2D eigenvalue weighted by Gasteiger charge is -2.07. The number of pyridine rings is 1. The van der Waals surface area contributed by atoms with Crippen LogP contribution in [0.15, 0.2) is 23.0 Å². The van der Waals surface area contributed by atoms with Crippen molar-refractivity contribution in [3.63, 3.8) is 0 Å². The molecule has 0 fully saturated rings. The highest BCUT2D eigenvalue weighted by Crippen LogP contribution is 2.23. The van der Waals surface area contributed by atoms with E-state index in [0.29, 0.717) is 16.7 Å². The van der Waals surface area contributed by atoms with Crippen molar-refractivity contribution in [1.29, 1.82) is 5.26 Å². The first-order valence-electron chi connectivity index (χ1n) is 4.78. The summed E-state index contributed by atoms with van der Waals surface area (Å²) in [5.74, 6) is 0.693. The van der Waals surface area contributed by atoms with Crippen LogP contribution < -0.4 is 10.2 Å². The number of aromatic nitrogens is 1. The number of rotatable bonds is 1. The fourth-order valence-corrected chi connectivity index (χ4v) is 1.72. The SMILES string of the molecule is COc1ccc2c(=O)cc(C#N)[nH]c2c1C. The number of aromatic amines is 1. The number of benzene rings is 1. The maximum absolute atomic E-state index is 11.7. The molecule has 0 amide bonds. The van der Waals surface area contributed by atoms with E-state index < -0.39 is 0 Å². The van der Waals surface area contributed by atoms with Crippen molar-refractivity contribution < 1.29 is 4.74 Å². The van der Waals surface area contributed by atoms with Crippen LogP contribution in [0, 0.1) is 18.3 Å². The summed E-state index contributed by atoms with van der Waals surface area (Å²) in [6.45, 7) is 1.85. The van der Waals surface area contributed by atoms with E-state index in [1.165, 1.54) is 6.07 Å². The van der Waals surface area contributed by atoms with Crippen LogP contribution in [0.5, 0.6) is 5.75 Å². The molecule has 0 spiro atoms. The van der Waals surface area contributed by atoms with E-state index in [0.717, 1.165) is 5.56 Å².